The van der Waals surface area contributed by atoms with Gasteiger partial charge < -0.3 is 10.5 Å². The third-order valence-electron chi connectivity index (χ3n) is 5.37. The lowest BCUT2D eigenvalue weighted by molar-refractivity contribution is -0.384. The van der Waals surface area contributed by atoms with Gasteiger partial charge in [0.05, 0.1) is 10.8 Å². The van der Waals surface area contributed by atoms with E-state index in [1.54, 1.807) is 12.1 Å². The number of hydrogen-bond donors (Lipinski definition) is 1. The van der Waals surface area contributed by atoms with Crippen molar-refractivity contribution in [3.63, 3.8) is 0 Å². The smallest absolute Gasteiger partial charge is 0.269 e. The second kappa shape index (κ2) is 7.24. The predicted molar refractivity (Wildman–Crippen MR) is 104 cm³/mol. The first-order valence-electron chi connectivity index (χ1n) is 9.12. The second-order valence-corrected chi connectivity index (χ2v) is 7.05. The zero-order valence-electron chi connectivity index (χ0n) is 15.4. The number of rotatable bonds is 3. The molecule has 7 heteroatoms. The van der Waals surface area contributed by atoms with Crippen LogP contribution >= 0.6 is 0 Å². The molecule has 2 atom stereocenters. The van der Waals surface area contributed by atoms with Crippen molar-refractivity contribution in [2.75, 3.05) is 0 Å². The van der Waals surface area contributed by atoms with Gasteiger partial charge in [0.2, 0.25) is 5.88 Å². The number of non-ortho nitro benzene ring substituents is 1. The highest BCUT2D eigenvalue weighted by molar-refractivity contribution is 6.00. The van der Waals surface area contributed by atoms with Gasteiger partial charge in [-0.1, -0.05) is 42.5 Å². The van der Waals surface area contributed by atoms with Crippen LogP contribution in [0.5, 0.6) is 0 Å². The molecular weight excluding hydrogens is 370 g/mol. The van der Waals surface area contributed by atoms with Gasteiger partial charge in [0, 0.05) is 30.5 Å². The molecule has 0 saturated heterocycles. The molecule has 29 heavy (non-hydrogen) atoms. The average molecular weight is 387 g/mol. The minimum Gasteiger partial charge on any atom is -0.444 e. The fourth-order valence-electron chi connectivity index (χ4n) is 3.99. The molecule has 0 amide bonds. The number of ketones is 1. The van der Waals surface area contributed by atoms with Crippen molar-refractivity contribution in [3.8, 4) is 6.07 Å². The first-order chi connectivity index (χ1) is 14.0. The van der Waals surface area contributed by atoms with Gasteiger partial charge in [-0.3, -0.25) is 14.9 Å². The Morgan fingerprint density at radius 1 is 1.07 bits per heavy atom. The number of hydrogen-bond acceptors (Lipinski definition) is 6. The van der Waals surface area contributed by atoms with Gasteiger partial charge in [0.1, 0.15) is 17.4 Å². The van der Waals surface area contributed by atoms with Crippen LogP contribution in [0.4, 0.5) is 5.69 Å². The molecule has 1 aliphatic carbocycles. The summed E-state index contributed by atoms with van der Waals surface area (Å²) in [6.07, 6.45) is 0.794. The van der Waals surface area contributed by atoms with Gasteiger partial charge in [-0.2, -0.15) is 5.26 Å². The minimum absolute atomic E-state index is 0.0311. The van der Waals surface area contributed by atoms with E-state index in [2.05, 4.69) is 0 Å². The molecule has 4 rings (SSSR count). The molecule has 2 aliphatic rings. The molecule has 0 fully saturated rings. The topological polar surface area (TPSA) is 119 Å². The Hall–Kier alpha value is -3.92. The summed E-state index contributed by atoms with van der Waals surface area (Å²) in [7, 11) is 0. The maximum atomic E-state index is 13.1. The summed E-state index contributed by atoms with van der Waals surface area (Å²) in [4.78, 5) is 23.6. The number of nitrogens with zero attached hydrogens (tertiary/aromatic N) is 2. The summed E-state index contributed by atoms with van der Waals surface area (Å²) in [6, 6.07) is 17.6. The number of nitro benzene ring substituents is 1. The number of ether oxygens (including phenoxy) is 1. The molecule has 144 valence electrons. The molecule has 2 N–H and O–H groups in total. The molecule has 2 aromatic carbocycles. The zero-order chi connectivity index (χ0) is 20.5. The maximum Gasteiger partial charge on any atom is 0.269 e. The Morgan fingerprint density at radius 3 is 2.38 bits per heavy atom. The monoisotopic (exact) mass is 387 g/mol. The quantitative estimate of drug-likeness (QED) is 0.632. The lowest BCUT2D eigenvalue weighted by atomic mass is 9.73. The molecule has 2 aromatic rings. The lowest BCUT2D eigenvalue weighted by Crippen LogP contribution is -2.29. The van der Waals surface area contributed by atoms with Gasteiger partial charge in [0.15, 0.2) is 5.78 Å². The van der Waals surface area contributed by atoms with Crippen molar-refractivity contribution >= 4 is 11.5 Å². The van der Waals surface area contributed by atoms with Crippen LogP contribution in [0.3, 0.4) is 0 Å². The van der Waals surface area contributed by atoms with Gasteiger partial charge in [-0.05, 0) is 17.0 Å². The van der Waals surface area contributed by atoms with Crippen molar-refractivity contribution in [3.05, 3.63) is 98.6 Å². The maximum absolute atomic E-state index is 13.1. The van der Waals surface area contributed by atoms with Crippen molar-refractivity contribution in [2.24, 2.45) is 5.73 Å². The molecule has 0 saturated carbocycles. The van der Waals surface area contributed by atoms with Crippen LogP contribution in [0.25, 0.3) is 0 Å². The highest BCUT2D eigenvalue weighted by Gasteiger charge is 2.40. The molecule has 1 heterocycles. The van der Waals surface area contributed by atoms with Crippen molar-refractivity contribution < 1.29 is 14.5 Å². The lowest BCUT2D eigenvalue weighted by Gasteiger charge is -2.34. The standard InChI is InChI=1S/C22H17N3O4/c23-12-17-20(14-6-8-16(9-7-14)25(27)28)21-18(26)10-15(11-19(21)29-22(17)24)13-4-2-1-3-5-13/h1-9,15,20H,10-11,24H2. The largest absolute Gasteiger partial charge is 0.444 e. The first-order valence-corrected chi connectivity index (χ1v) is 9.12. The summed E-state index contributed by atoms with van der Waals surface area (Å²) in [5.41, 5.74) is 8.14. The Balaban J connectivity index is 1.77. The van der Waals surface area contributed by atoms with E-state index in [-0.39, 0.29) is 28.8 Å². The Morgan fingerprint density at radius 2 is 1.76 bits per heavy atom. The van der Waals surface area contributed by atoms with E-state index >= 15 is 0 Å². The summed E-state index contributed by atoms with van der Waals surface area (Å²) in [5, 5.41) is 20.6. The van der Waals surface area contributed by atoms with Gasteiger partial charge >= 0.3 is 0 Å². The van der Waals surface area contributed by atoms with E-state index in [4.69, 9.17) is 10.5 Å². The van der Waals surface area contributed by atoms with E-state index < -0.39 is 10.8 Å². The predicted octanol–water partition coefficient (Wildman–Crippen LogP) is 3.80. The van der Waals surface area contributed by atoms with E-state index in [0.717, 1.165) is 5.56 Å². The number of carbonyl (C=O) groups excluding carboxylic acids is 1. The third kappa shape index (κ3) is 3.25. The summed E-state index contributed by atoms with van der Waals surface area (Å²) >= 11 is 0. The molecule has 7 nitrogen and oxygen atoms in total. The molecule has 1 aliphatic heterocycles. The zero-order valence-corrected chi connectivity index (χ0v) is 15.4. The Kier molecular flexibility index (Phi) is 4.61. The Labute approximate surface area is 166 Å². The summed E-state index contributed by atoms with van der Waals surface area (Å²) < 4.78 is 5.72. The van der Waals surface area contributed by atoms with Crippen LogP contribution < -0.4 is 5.73 Å². The number of benzene rings is 2. The number of Topliss-reactive ketones (excluding diaryl/α,β-unsaturated/α-hetero) is 1. The van der Waals surface area contributed by atoms with Crippen LogP contribution in [0.15, 0.2) is 77.4 Å². The summed E-state index contributed by atoms with van der Waals surface area (Å²) in [5.74, 6) is -0.389. The number of nitriles is 1. The fourth-order valence-corrected chi connectivity index (χ4v) is 3.99. The third-order valence-corrected chi connectivity index (χ3v) is 5.37. The van der Waals surface area contributed by atoms with Gasteiger partial charge in [-0.25, -0.2) is 0 Å². The van der Waals surface area contributed by atoms with E-state index in [1.165, 1.54) is 12.1 Å². The SMILES string of the molecule is N#CC1=C(N)OC2=C(C(=O)CC(c3ccccc3)C2)C1c1ccc([N+](=O)[O-])cc1. The summed E-state index contributed by atoms with van der Waals surface area (Å²) in [6.45, 7) is 0. The molecule has 0 spiro atoms. The highest BCUT2D eigenvalue weighted by Crippen LogP contribution is 2.46. The van der Waals surface area contributed by atoms with E-state index in [0.29, 0.717) is 29.7 Å². The first kappa shape index (κ1) is 18.4. The van der Waals surface area contributed by atoms with Crippen LogP contribution in [-0.2, 0) is 9.53 Å². The van der Waals surface area contributed by atoms with Crippen molar-refractivity contribution in [1.29, 1.82) is 5.26 Å². The number of carbonyl (C=O) groups is 1. The van der Waals surface area contributed by atoms with Crippen molar-refractivity contribution in [2.45, 2.75) is 24.7 Å². The van der Waals surface area contributed by atoms with Gasteiger partial charge in [-0.15, -0.1) is 0 Å². The van der Waals surface area contributed by atoms with Crippen LogP contribution in [0.2, 0.25) is 0 Å². The molecule has 0 aromatic heterocycles. The number of nitrogens with two attached hydrogens (primary N) is 1. The molecular formula is C22H17N3O4. The van der Waals surface area contributed by atoms with Crippen molar-refractivity contribution in [1.82, 2.24) is 0 Å². The number of nitro groups is 1. The van der Waals surface area contributed by atoms with E-state index in [1.807, 2.05) is 36.4 Å². The molecule has 0 radical (unpaired) electrons. The Bertz CT molecular complexity index is 1100. The van der Waals surface area contributed by atoms with Crippen LogP contribution in [0.1, 0.15) is 35.8 Å². The van der Waals surface area contributed by atoms with E-state index in [9.17, 15) is 20.2 Å². The normalized spacial score (nSPS) is 21.3. The molecule has 0 bridgehead atoms. The minimum atomic E-state index is -0.686. The number of allylic oxidation sites excluding steroid dienone is 3. The van der Waals surface area contributed by atoms with Crippen LogP contribution in [-0.4, -0.2) is 10.7 Å². The highest BCUT2D eigenvalue weighted by atomic mass is 16.6. The van der Waals surface area contributed by atoms with Crippen LogP contribution in [0, 0.1) is 21.4 Å². The van der Waals surface area contributed by atoms with Gasteiger partial charge in [0.25, 0.3) is 5.69 Å². The second-order valence-electron chi connectivity index (χ2n) is 7.05. The fraction of sp³-hybridized carbons (Fsp3) is 0.182. The average Bonchev–Trinajstić information content (AvgIpc) is 2.73. The molecule has 2 unspecified atom stereocenters.